The predicted molar refractivity (Wildman–Crippen MR) is 55.0 cm³/mol. The minimum Gasteiger partial charge on any atom is -0.465 e. The van der Waals surface area contributed by atoms with Crippen molar-refractivity contribution in [1.82, 2.24) is 0 Å². The Kier molecular flexibility index (Phi) is 3.98. The fraction of sp³-hybridized carbons (Fsp3) is 0.125. The summed E-state index contributed by atoms with van der Waals surface area (Å²) in [5, 5.41) is 0. The van der Waals surface area contributed by atoms with E-state index in [1.54, 1.807) is 24.3 Å². The van der Waals surface area contributed by atoms with E-state index in [0.717, 1.165) is 11.1 Å². The third-order valence-electron chi connectivity index (χ3n) is 1.41. The van der Waals surface area contributed by atoms with Gasteiger partial charge in [-0.15, -0.1) is 0 Å². The van der Waals surface area contributed by atoms with Crippen molar-refractivity contribution in [1.29, 1.82) is 0 Å². The summed E-state index contributed by atoms with van der Waals surface area (Å²) in [6, 6.07) is 6.61. The summed E-state index contributed by atoms with van der Waals surface area (Å²) in [7, 11) is 1.34. The largest absolute Gasteiger partial charge is 0.465 e. The molecule has 3 nitrogen and oxygen atoms in total. The van der Waals surface area contributed by atoms with Crippen molar-refractivity contribution in [2.24, 2.45) is 0 Å². The Labute approximate surface area is 85.4 Å². The van der Waals surface area contributed by atoms with Gasteiger partial charge in [0.1, 0.15) is 16.8 Å². The van der Waals surface area contributed by atoms with Crippen molar-refractivity contribution >= 4 is 28.7 Å². The molecule has 0 saturated heterocycles. The molecule has 0 aliphatic rings. The number of hydrogen-bond donors (Lipinski definition) is 1. The number of carbonyl (C=O) groups is 1. The van der Waals surface area contributed by atoms with Gasteiger partial charge >= 0.3 is 5.97 Å². The van der Waals surface area contributed by atoms with Crippen molar-refractivity contribution in [2.45, 2.75) is 0 Å². The highest BCUT2D eigenvalue weighted by molar-refractivity contribution is 8.66. The van der Waals surface area contributed by atoms with Crippen LogP contribution in [-0.4, -0.2) is 13.1 Å². The lowest BCUT2D eigenvalue weighted by Crippen LogP contribution is -2.00. The fourth-order valence-electron chi connectivity index (χ4n) is 0.807. The standard InChI is InChI=1S/C8H8O3S2/c1-10-8(9)6-2-4-7(5-3-6)11-13-12/h2-5,12H,1H3. The maximum Gasteiger partial charge on any atom is 0.337 e. The van der Waals surface area contributed by atoms with Crippen molar-refractivity contribution in [3.63, 3.8) is 0 Å². The average molecular weight is 216 g/mol. The van der Waals surface area contributed by atoms with Gasteiger partial charge in [-0.1, -0.05) is 11.7 Å². The van der Waals surface area contributed by atoms with Gasteiger partial charge in [0, 0.05) is 0 Å². The zero-order valence-corrected chi connectivity index (χ0v) is 8.60. The third kappa shape index (κ3) is 2.86. The number of rotatable bonds is 3. The molecule has 0 heterocycles. The molecule has 0 spiro atoms. The van der Waals surface area contributed by atoms with E-state index in [2.05, 4.69) is 16.4 Å². The van der Waals surface area contributed by atoms with Gasteiger partial charge in [-0.05, 0) is 24.3 Å². The molecule has 0 fully saturated rings. The first-order chi connectivity index (χ1) is 6.27. The van der Waals surface area contributed by atoms with Gasteiger partial charge in [0.2, 0.25) is 0 Å². The van der Waals surface area contributed by atoms with E-state index in [9.17, 15) is 4.79 Å². The van der Waals surface area contributed by atoms with E-state index in [1.807, 2.05) is 0 Å². The van der Waals surface area contributed by atoms with Crippen LogP contribution in [0.2, 0.25) is 0 Å². The van der Waals surface area contributed by atoms with Gasteiger partial charge in [-0.2, -0.15) is 0 Å². The maximum absolute atomic E-state index is 11.0. The van der Waals surface area contributed by atoms with E-state index in [4.69, 9.17) is 4.18 Å². The quantitative estimate of drug-likeness (QED) is 0.364. The Morgan fingerprint density at radius 1 is 1.38 bits per heavy atom. The summed E-state index contributed by atoms with van der Waals surface area (Å²) in [4.78, 5) is 11.0. The van der Waals surface area contributed by atoms with E-state index in [-0.39, 0.29) is 5.97 Å². The van der Waals surface area contributed by atoms with E-state index >= 15 is 0 Å². The van der Waals surface area contributed by atoms with Crippen LogP contribution in [0.25, 0.3) is 0 Å². The lowest BCUT2D eigenvalue weighted by Gasteiger charge is -2.01. The Morgan fingerprint density at radius 3 is 2.46 bits per heavy atom. The summed E-state index contributed by atoms with van der Waals surface area (Å²) in [5.74, 6) is 0.290. The Bertz CT molecular complexity index is 284. The molecule has 0 saturated carbocycles. The molecule has 0 N–H and O–H groups in total. The molecule has 0 bridgehead atoms. The normalized spacial score (nSPS) is 9.38. The minimum atomic E-state index is -0.356. The van der Waals surface area contributed by atoms with E-state index in [0.29, 0.717) is 11.3 Å². The molecule has 13 heavy (non-hydrogen) atoms. The van der Waals surface area contributed by atoms with Crippen LogP contribution in [0.4, 0.5) is 0 Å². The highest BCUT2D eigenvalue weighted by Crippen LogP contribution is 2.18. The summed E-state index contributed by atoms with van der Waals surface area (Å²) < 4.78 is 9.54. The van der Waals surface area contributed by atoms with Crippen LogP contribution in [0.5, 0.6) is 5.75 Å². The van der Waals surface area contributed by atoms with Crippen LogP contribution in [0.1, 0.15) is 10.4 Å². The molecule has 0 atom stereocenters. The minimum absolute atomic E-state index is 0.356. The van der Waals surface area contributed by atoms with Crippen molar-refractivity contribution < 1.29 is 13.7 Å². The maximum atomic E-state index is 11.0. The topological polar surface area (TPSA) is 35.5 Å². The molecule has 0 aliphatic carbocycles. The van der Waals surface area contributed by atoms with Gasteiger partial charge in [-0.25, -0.2) is 4.79 Å². The molecule has 0 amide bonds. The number of hydrogen-bond acceptors (Lipinski definition) is 5. The summed E-state index contributed by atoms with van der Waals surface area (Å²) in [5.41, 5.74) is 0.499. The number of esters is 1. The molecule has 1 aromatic carbocycles. The number of benzene rings is 1. The number of carbonyl (C=O) groups excluding carboxylic acids is 1. The first-order valence-electron chi connectivity index (χ1n) is 3.44. The molecule has 1 rings (SSSR count). The van der Waals surface area contributed by atoms with Gasteiger partial charge in [0.15, 0.2) is 0 Å². The van der Waals surface area contributed by atoms with Crippen LogP contribution in [0.15, 0.2) is 24.3 Å². The zero-order chi connectivity index (χ0) is 9.68. The SMILES string of the molecule is COC(=O)c1ccc(OSS)cc1. The molecule has 0 aromatic heterocycles. The molecule has 0 aliphatic heterocycles. The summed E-state index contributed by atoms with van der Waals surface area (Å²) in [6.07, 6.45) is 0. The van der Waals surface area contributed by atoms with Gasteiger partial charge < -0.3 is 8.92 Å². The molecule has 5 heteroatoms. The highest BCUT2D eigenvalue weighted by atomic mass is 33.1. The van der Waals surface area contributed by atoms with Gasteiger partial charge in [0.05, 0.1) is 12.7 Å². The average Bonchev–Trinajstić information content (AvgIpc) is 2.18. The molecular weight excluding hydrogens is 208 g/mol. The van der Waals surface area contributed by atoms with Crippen LogP contribution in [0.3, 0.4) is 0 Å². The Hall–Kier alpha value is -0.810. The lowest BCUT2D eigenvalue weighted by atomic mass is 10.2. The van der Waals surface area contributed by atoms with E-state index in [1.165, 1.54) is 7.11 Å². The monoisotopic (exact) mass is 216 g/mol. The van der Waals surface area contributed by atoms with Crippen molar-refractivity contribution in [3.05, 3.63) is 29.8 Å². The van der Waals surface area contributed by atoms with Crippen LogP contribution in [0, 0.1) is 0 Å². The molecule has 0 radical (unpaired) electrons. The summed E-state index contributed by atoms with van der Waals surface area (Å²) in [6.45, 7) is 0. The van der Waals surface area contributed by atoms with Crippen molar-refractivity contribution in [3.8, 4) is 5.75 Å². The number of ether oxygens (including phenoxy) is 1. The Morgan fingerprint density at radius 2 is 2.00 bits per heavy atom. The predicted octanol–water partition coefficient (Wildman–Crippen LogP) is 2.34. The Balaban J connectivity index is 2.75. The second-order valence-corrected chi connectivity index (χ2v) is 2.94. The van der Waals surface area contributed by atoms with Crippen LogP contribution < -0.4 is 4.18 Å². The second-order valence-electron chi connectivity index (χ2n) is 2.17. The number of methoxy groups -OCH3 is 1. The smallest absolute Gasteiger partial charge is 0.337 e. The zero-order valence-electron chi connectivity index (χ0n) is 6.89. The number of thiol groups is 1. The molecule has 1 aromatic rings. The van der Waals surface area contributed by atoms with Gasteiger partial charge in [-0.3, -0.25) is 0 Å². The van der Waals surface area contributed by atoms with Gasteiger partial charge in [0.25, 0.3) is 0 Å². The second kappa shape index (κ2) is 5.04. The van der Waals surface area contributed by atoms with Crippen molar-refractivity contribution in [2.75, 3.05) is 7.11 Å². The first-order valence-corrected chi connectivity index (χ1v) is 5.24. The fourth-order valence-corrected chi connectivity index (χ4v) is 1.26. The molecule has 70 valence electrons. The lowest BCUT2D eigenvalue weighted by molar-refractivity contribution is 0.0601. The molecule has 0 unspecified atom stereocenters. The molecular formula is C8H8O3S2. The van der Waals surface area contributed by atoms with Crippen LogP contribution >= 0.6 is 22.7 Å². The summed E-state index contributed by atoms with van der Waals surface area (Å²) >= 11 is 4.77. The van der Waals surface area contributed by atoms with E-state index < -0.39 is 0 Å². The first kappa shape index (κ1) is 10.3. The highest BCUT2D eigenvalue weighted by Gasteiger charge is 2.04. The third-order valence-corrected chi connectivity index (χ3v) is 1.90. The van der Waals surface area contributed by atoms with Crippen LogP contribution in [-0.2, 0) is 4.74 Å².